The SMILES string of the molecule is CCCCCCCC(S)(C(C)=O)C(=O)[O-]. The lowest BCUT2D eigenvalue weighted by Gasteiger charge is -2.26. The fourth-order valence-electron chi connectivity index (χ4n) is 1.41. The van der Waals surface area contributed by atoms with Crippen LogP contribution in [0.1, 0.15) is 52.4 Å². The molecule has 0 aliphatic carbocycles. The van der Waals surface area contributed by atoms with Gasteiger partial charge in [-0.1, -0.05) is 39.0 Å². The summed E-state index contributed by atoms with van der Waals surface area (Å²) >= 11 is 3.92. The van der Waals surface area contributed by atoms with Crippen LogP contribution in [0.25, 0.3) is 0 Å². The zero-order valence-electron chi connectivity index (χ0n) is 9.41. The van der Waals surface area contributed by atoms with Crippen LogP contribution in [0.5, 0.6) is 0 Å². The summed E-state index contributed by atoms with van der Waals surface area (Å²) in [6.07, 6.45) is 5.26. The van der Waals surface area contributed by atoms with Gasteiger partial charge in [-0.15, -0.1) is 0 Å². The maximum absolute atomic E-state index is 11.1. The number of carbonyl (C=O) groups is 2. The molecule has 0 spiro atoms. The number of ketones is 1. The van der Waals surface area contributed by atoms with E-state index in [0.717, 1.165) is 25.7 Å². The van der Waals surface area contributed by atoms with Crippen LogP contribution >= 0.6 is 12.6 Å². The summed E-state index contributed by atoms with van der Waals surface area (Å²) in [5, 5.41) is 10.8. The molecule has 0 heterocycles. The van der Waals surface area contributed by atoms with E-state index >= 15 is 0 Å². The van der Waals surface area contributed by atoms with Gasteiger partial charge in [0.05, 0.1) is 5.97 Å². The van der Waals surface area contributed by atoms with Crippen LogP contribution in [-0.2, 0) is 9.59 Å². The number of carboxylic acids is 1. The normalized spacial score (nSPS) is 14.6. The highest BCUT2D eigenvalue weighted by atomic mass is 32.1. The van der Waals surface area contributed by atoms with Crippen molar-refractivity contribution in [1.29, 1.82) is 0 Å². The summed E-state index contributed by atoms with van der Waals surface area (Å²) in [5.74, 6) is -1.82. The predicted molar refractivity (Wildman–Crippen MR) is 60.8 cm³/mol. The second kappa shape index (κ2) is 6.88. The average molecular weight is 231 g/mol. The standard InChI is InChI=1S/C11H20O3S/c1-3-4-5-6-7-8-11(15,9(2)12)10(13)14/h15H,3-8H2,1-2H3,(H,13,14)/p-1. The van der Waals surface area contributed by atoms with Gasteiger partial charge in [-0.25, -0.2) is 0 Å². The van der Waals surface area contributed by atoms with Gasteiger partial charge < -0.3 is 9.90 Å². The molecular weight excluding hydrogens is 212 g/mol. The smallest absolute Gasteiger partial charge is 0.151 e. The van der Waals surface area contributed by atoms with Crippen molar-refractivity contribution in [2.24, 2.45) is 0 Å². The molecule has 1 unspecified atom stereocenters. The lowest BCUT2D eigenvalue weighted by molar-refractivity contribution is -0.307. The van der Waals surface area contributed by atoms with Crippen LogP contribution in [0.15, 0.2) is 0 Å². The molecule has 0 aliphatic rings. The predicted octanol–water partition coefficient (Wildman–Crippen LogP) is 1.35. The van der Waals surface area contributed by atoms with E-state index in [1.807, 2.05) is 0 Å². The third-order valence-corrected chi connectivity index (χ3v) is 3.28. The maximum Gasteiger partial charge on any atom is 0.151 e. The van der Waals surface area contributed by atoms with Gasteiger partial charge in [-0.3, -0.25) is 4.79 Å². The minimum Gasteiger partial charge on any atom is -0.548 e. The molecule has 4 heteroatoms. The van der Waals surface area contributed by atoms with Gasteiger partial charge in [0.25, 0.3) is 0 Å². The highest BCUT2D eigenvalue weighted by Crippen LogP contribution is 2.23. The molecule has 15 heavy (non-hydrogen) atoms. The Hall–Kier alpha value is -0.510. The van der Waals surface area contributed by atoms with Gasteiger partial charge in [0.15, 0.2) is 5.78 Å². The number of unbranched alkanes of at least 4 members (excludes halogenated alkanes) is 4. The number of carbonyl (C=O) groups excluding carboxylic acids is 2. The minimum atomic E-state index is -1.59. The summed E-state index contributed by atoms with van der Waals surface area (Å²) in [6, 6.07) is 0. The van der Waals surface area contributed by atoms with Crippen LogP contribution < -0.4 is 5.11 Å². The molecule has 0 bridgehead atoms. The second-order valence-electron chi connectivity index (χ2n) is 3.87. The summed E-state index contributed by atoms with van der Waals surface area (Å²) in [5.41, 5.74) is 0. The van der Waals surface area contributed by atoms with Crippen molar-refractivity contribution in [3.8, 4) is 0 Å². The summed E-state index contributed by atoms with van der Waals surface area (Å²) < 4.78 is -1.59. The Kier molecular flexibility index (Phi) is 6.65. The molecule has 0 N–H and O–H groups in total. The van der Waals surface area contributed by atoms with Crippen LogP contribution in [0, 0.1) is 0 Å². The van der Waals surface area contributed by atoms with Crippen LogP contribution in [0.4, 0.5) is 0 Å². The molecule has 0 amide bonds. The molecule has 0 radical (unpaired) electrons. The average Bonchev–Trinajstić information content (AvgIpc) is 2.16. The van der Waals surface area contributed by atoms with E-state index in [9.17, 15) is 14.7 Å². The quantitative estimate of drug-likeness (QED) is 0.390. The zero-order valence-corrected chi connectivity index (χ0v) is 10.3. The third-order valence-electron chi connectivity index (χ3n) is 2.56. The van der Waals surface area contributed by atoms with Crippen molar-refractivity contribution in [3.05, 3.63) is 0 Å². The molecule has 1 atom stereocenters. The number of carboxylic acid groups (broad SMARTS) is 1. The van der Waals surface area contributed by atoms with Crippen molar-refractivity contribution in [1.82, 2.24) is 0 Å². The molecule has 0 saturated heterocycles. The Morgan fingerprint density at radius 3 is 2.13 bits per heavy atom. The van der Waals surface area contributed by atoms with Gasteiger partial charge in [0, 0.05) is 0 Å². The highest BCUT2D eigenvalue weighted by molar-refractivity contribution is 7.83. The lowest BCUT2D eigenvalue weighted by atomic mass is 9.96. The first kappa shape index (κ1) is 14.5. The minimum absolute atomic E-state index is 0.261. The largest absolute Gasteiger partial charge is 0.548 e. The monoisotopic (exact) mass is 231 g/mol. The van der Waals surface area contributed by atoms with Crippen molar-refractivity contribution >= 4 is 24.4 Å². The molecule has 0 saturated carbocycles. The molecule has 0 fully saturated rings. The Bertz CT molecular complexity index is 212. The summed E-state index contributed by atoms with van der Waals surface area (Å²) in [6.45, 7) is 3.36. The number of hydrogen-bond acceptors (Lipinski definition) is 4. The van der Waals surface area contributed by atoms with Crippen molar-refractivity contribution in [3.63, 3.8) is 0 Å². The maximum atomic E-state index is 11.1. The molecule has 0 aliphatic heterocycles. The fourth-order valence-corrected chi connectivity index (χ4v) is 1.56. The van der Waals surface area contributed by atoms with Crippen molar-refractivity contribution in [2.45, 2.75) is 57.1 Å². The zero-order chi connectivity index (χ0) is 11.9. The van der Waals surface area contributed by atoms with Gasteiger partial charge in [0.1, 0.15) is 4.75 Å². The van der Waals surface area contributed by atoms with Gasteiger partial charge >= 0.3 is 0 Å². The molecule has 0 rings (SSSR count). The fraction of sp³-hybridized carbons (Fsp3) is 0.818. The number of hydrogen-bond donors (Lipinski definition) is 1. The topological polar surface area (TPSA) is 57.2 Å². The first-order valence-electron chi connectivity index (χ1n) is 5.40. The van der Waals surface area contributed by atoms with E-state index < -0.39 is 16.5 Å². The summed E-state index contributed by atoms with van der Waals surface area (Å²) in [4.78, 5) is 21.9. The second-order valence-corrected chi connectivity index (χ2v) is 4.63. The molecule has 0 aromatic rings. The van der Waals surface area contributed by atoms with Crippen molar-refractivity contribution < 1.29 is 14.7 Å². The van der Waals surface area contributed by atoms with Crippen molar-refractivity contribution in [2.75, 3.05) is 0 Å². The van der Waals surface area contributed by atoms with Crippen LogP contribution in [-0.4, -0.2) is 16.5 Å². The molecule has 0 aromatic heterocycles. The van der Waals surface area contributed by atoms with E-state index in [0.29, 0.717) is 6.42 Å². The Balaban J connectivity index is 3.99. The molecule has 3 nitrogen and oxygen atoms in total. The first-order valence-corrected chi connectivity index (χ1v) is 5.84. The van der Waals surface area contributed by atoms with E-state index in [4.69, 9.17) is 0 Å². The first-order chi connectivity index (χ1) is 6.95. The third kappa shape index (κ3) is 4.69. The van der Waals surface area contributed by atoms with E-state index in [1.54, 1.807) is 0 Å². The Morgan fingerprint density at radius 2 is 1.73 bits per heavy atom. The van der Waals surface area contributed by atoms with Gasteiger partial charge in [-0.2, -0.15) is 12.6 Å². The summed E-state index contributed by atoms with van der Waals surface area (Å²) in [7, 11) is 0. The number of Topliss-reactive ketones (excluding diaryl/α,β-unsaturated/α-hetero) is 1. The Morgan fingerprint density at radius 1 is 1.20 bits per heavy atom. The van der Waals surface area contributed by atoms with E-state index in [-0.39, 0.29) is 6.42 Å². The molecule has 0 aromatic carbocycles. The number of thiol groups is 1. The van der Waals surface area contributed by atoms with Gasteiger partial charge in [0.2, 0.25) is 0 Å². The molecular formula is C11H19O3S-. The number of rotatable bonds is 8. The Labute approximate surface area is 96.7 Å². The van der Waals surface area contributed by atoms with E-state index in [1.165, 1.54) is 6.92 Å². The molecule has 88 valence electrons. The lowest BCUT2D eigenvalue weighted by Crippen LogP contribution is -2.49. The van der Waals surface area contributed by atoms with Gasteiger partial charge in [-0.05, 0) is 13.3 Å². The highest BCUT2D eigenvalue weighted by Gasteiger charge is 2.31. The number of aliphatic carboxylic acids is 1. The van der Waals surface area contributed by atoms with Crippen LogP contribution in [0.3, 0.4) is 0 Å². The van der Waals surface area contributed by atoms with Crippen LogP contribution in [0.2, 0.25) is 0 Å². The van der Waals surface area contributed by atoms with E-state index in [2.05, 4.69) is 19.6 Å².